The fraction of sp³-hybridized carbons (Fsp3) is 0.133. The third-order valence-corrected chi connectivity index (χ3v) is 5.47. The van der Waals surface area contributed by atoms with E-state index in [0.717, 1.165) is 25.8 Å². The number of halogens is 3. The van der Waals surface area contributed by atoms with Crippen LogP contribution in [0.15, 0.2) is 28.1 Å². The van der Waals surface area contributed by atoms with Gasteiger partial charge in [0.2, 0.25) is 0 Å². The van der Waals surface area contributed by atoms with E-state index in [9.17, 15) is 4.79 Å². The molecule has 1 N–H and O–H groups in total. The molecule has 0 aliphatic rings. The first-order chi connectivity index (χ1) is 10.5. The Balaban J connectivity index is 2.29. The van der Waals surface area contributed by atoms with Crippen molar-refractivity contribution in [3.63, 3.8) is 0 Å². The maximum Gasteiger partial charge on any atom is 0.355 e. The van der Waals surface area contributed by atoms with Crippen LogP contribution < -0.4 is 0 Å². The van der Waals surface area contributed by atoms with Gasteiger partial charge in [0.1, 0.15) is 5.69 Å². The van der Waals surface area contributed by atoms with Crippen molar-refractivity contribution < 1.29 is 9.53 Å². The lowest BCUT2D eigenvalue weighted by atomic mass is 10.1. The van der Waals surface area contributed by atoms with E-state index < -0.39 is 5.97 Å². The fourth-order valence-corrected chi connectivity index (χ4v) is 4.46. The van der Waals surface area contributed by atoms with Crippen molar-refractivity contribution in [2.24, 2.45) is 0 Å². The van der Waals surface area contributed by atoms with Crippen LogP contribution in [0.25, 0.3) is 21.3 Å². The monoisotopic (exact) mass is 417 g/mol. The van der Waals surface area contributed by atoms with Gasteiger partial charge in [0, 0.05) is 21.0 Å². The number of hydrogen-bond donors (Lipinski definition) is 1. The smallest absolute Gasteiger partial charge is 0.355 e. The molecular formula is C15H10BrCl2NO2S. The highest BCUT2D eigenvalue weighted by atomic mass is 79.9. The van der Waals surface area contributed by atoms with E-state index in [1.807, 2.05) is 5.38 Å². The molecule has 0 unspecified atom stereocenters. The zero-order valence-electron chi connectivity index (χ0n) is 11.4. The quantitative estimate of drug-likeness (QED) is 0.518. The van der Waals surface area contributed by atoms with E-state index >= 15 is 0 Å². The highest BCUT2D eigenvalue weighted by molar-refractivity contribution is 9.10. The molecule has 0 aliphatic carbocycles. The molecule has 3 nitrogen and oxygen atoms in total. The summed E-state index contributed by atoms with van der Waals surface area (Å²) in [6, 6.07) is 5.23. The number of hydrogen-bond acceptors (Lipinski definition) is 3. The van der Waals surface area contributed by atoms with Crippen LogP contribution in [0.2, 0.25) is 10.0 Å². The van der Waals surface area contributed by atoms with Gasteiger partial charge in [-0.1, -0.05) is 23.2 Å². The van der Waals surface area contributed by atoms with Crippen LogP contribution in [0.3, 0.4) is 0 Å². The molecule has 0 bridgehead atoms. The van der Waals surface area contributed by atoms with E-state index in [-0.39, 0.29) is 0 Å². The Kier molecular flexibility index (Phi) is 4.50. The summed E-state index contributed by atoms with van der Waals surface area (Å²) in [5, 5.41) is 3.00. The molecule has 22 heavy (non-hydrogen) atoms. The van der Waals surface area contributed by atoms with Crippen LogP contribution in [-0.2, 0) is 4.74 Å². The molecule has 0 radical (unpaired) electrons. The van der Waals surface area contributed by atoms with Crippen molar-refractivity contribution in [1.29, 1.82) is 0 Å². The number of rotatable bonds is 3. The SMILES string of the molecule is CCOC(=O)c1[nH]c2c(Br)csc2c1-c1cc(Cl)cc(Cl)c1. The fourth-order valence-electron chi connectivity index (χ4n) is 2.27. The second-order valence-electron chi connectivity index (χ2n) is 4.54. The number of esters is 1. The zero-order chi connectivity index (χ0) is 15.9. The van der Waals surface area contributed by atoms with Gasteiger partial charge in [0.05, 0.1) is 21.3 Å². The molecule has 2 heterocycles. The topological polar surface area (TPSA) is 42.1 Å². The third kappa shape index (κ3) is 2.78. The number of carbonyl (C=O) groups excluding carboxylic acids is 1. The maximum atomic E-state index is 12.3. The Morgan fingerprint density at radius 2 is 2.00 bits per heavy atom. The summed E-state index contributed by atoms with van der Waals surface area (Å²) in [6.07, 6.45) is 0. The van der Waals surface area contributed by atoms with Crippen molar-refractivity contribution in [1.82, 2.24) is 4.98 Å². The summed E-state index contributed by atoms with van der Waals surface area (Å²) in [6.45, 7) is 2.08. The second-order valence-corrected chi connectivity index (χ2v) is 7.15. The van der Waals surface area contributed by atoms with Crippen LogP contribution in [0.1, 0.15) is 17.4 Å². The number of H-pyrrole nitrogens is 1. The highest BCUT2D eigenvalue weighted by Crippen LogP contribution is 2.41. The molecule has 114 valence electrons. The van der Waals surface area contributed by atoms with Gasteiger partial charge in [-0.3, -0.25) is 0 Å². The van der Waals surface area contributed by atoms with E-state index in [1.165, 1.54) is 11.3 Å². The first-order valence-corrected chi connectivity index (χ1v) is 8.86. The molecule has 7 heteroatoms. The Morgan fingerprint density at radius 1 is 1.32 bits per heavy atom. The molecule has 2 aromatic heterocycles. The van der Waals surface area contributed by atoms with Crippen molar-refractivity contribution in [2.75, 3.05) is 6.61 Å². The van der Waals surface area contributed by atoms with Gasteiger partial charge in [-0.2, -0.15) is 0 Å². The molecule has 3 aromatic rings. The lowest BCUT2D eigenvalue weighted by Crippen LogP contribution is -2.06. The largest absolute Gasteiger partial charge is 0.461 e. The van der Waals surface area contributed by atoms with Crippen molar-refractivity contribution in [3.05, 3.63) is 43.8 Å². The molecule has 0 spiro atoms. The average molecular weight is 419 g/mol. The molecular weight excluding hydrogens is 409 g/mol. The molecule has 0 aliphatic heterocycles. The van der Waals surface area contributed by atoms with E-state index in [0.29, 0.717) is 22.3 Å². The Hall–Kier alpha value is -1.01. The van der Waals surface area contributed by atoms with E-state index in [1.54, 1.807) is 25.1 Å². The van der Waals surface area contributed by atoms with Crippen molar-refractivity contribution in [3.8, 4) is 11.1 Å². The summed E-state index contributed by atoms with van der Waals surface area (Å²) in [5.74, 6) is -0.399. The normalized spacial score (nSPS) is 11.1. The minimum absolute atomic E-state index is 0.308. The van der Waals surface area contributed by atoms with Gasteiger partial charge >= 0.3 is 5.97 Å². The maximum absolute atomic E-state index is 12.3. The summed E-state index contributed by atoms with van der Waals surface area (Å²) >= 11 is 17.2. The Bertz CT molecular complexity index is 852. The van der Waals surface area contributed by atoms with E-state index in [4.69, 9.17) is 27.9 Å². The number of fused-ring (bicyclic) bond motifs is 1. The summed E-state index contributed by atoms with van der Waals surface area (Å²) in [4.78, 5) is 15.4. The predicted molar refractivity (Wildman–Crippen MR) is 95.3 cm³/mol. The van der Waals surface area contributed by atoms with Gasteiger partial charge in [-0.15, -0.1) is 11.3 Å². The zero-order valence-corrected chi connectivity index (χ0v) is 15.3. The number of aromatic nitrogens is 1. The van der Waals surface area contributed by atoms with Gasteiger partial charge in [-0.25, -0.2) is 4.79 Å². The van der Waals surface area contributed by atoms with E-state index in [2.05, 4.69) is 20.9 Å². The molecule has 0 saturated heterocycles. The molecule has 0 saturated carbocycles. The van der Waals surface area contributed by atoms with Crippen molar-refractivity contribution in [2.45, 2.75) is 6.92 Å². The van der Waals surface area contributed by atoms with Crippen LogP contribution >= 0.6 is 50.5 Å². The number of ether oxygens (including phenoxy) is 1. The number of benzene rings is 1. The molecule has 3 rings (SSSR count). The molecule has 1 aromatic carbocycles. The Labute approximate surface area is 149 Å². The minimum Gasteiger partial charge on any atom is -0.461 e. The lowest BCUT2D eigenvalue weighted by Gasteiger charge is -2.06. The van der Waals surface area contributed by atoms with Gasteiger partial charge in [-0.05, 0) is 46.6 Å². The number of carbonyl (C=O) groups is 1. The van der Waals surface area contributed by atoms with Crippen molar-refractivity contribution >= 4 is 66.7 Å². The average Bonchev–Trinajstić information content (AvgIpc) is 2.98. The molecule has 0 amide bonds. The minimum atomic E-state index is -0.399. The summed E-state index contributed by atoms with van der Waals surface area (Å²) < 4.78 is 7.00. The lowest BCUT2D eigenvalue weighted by molar-refractivity contribution is 0.0521. The van der Waals surface area contributed by atoms with Crippen LogP contribution in [0, 0.1) is 0 Å². The van der Waals surface area contributed by atoms with Gasteiger partial charge in [0.25, 0.3) is 0 Å². The summed E-state index contributed by atoms with van der Waals surface area (Å²) in [5.41, 5.74) is 2.80. The number of aromatic amines is 1. The third-order valence-electron chi connectivity index (χ3n) is 3.10. The van der Waals surface area contributed by atoms with Crippen LogP contribution in [0.5, 0.6) is 0 Å². The first-order valence-electron chi connectivity index (χ1n) is 6.43. The standard InChI is InChI=1S/C15H10BrCl2NO2S/c1-2-21-15(20)13-11(7-3-8(17)5-9(18)4-7)14-12(19-13)10(16)6-22-14/h3-6,19H,2H2,1H3. The molecule has 0 atom stereocenters. The Morgan fingerprint density at radius 3 is 2.64 bits per heavy atom. The predicted octanol–water partition coefficient (Wildman–Crippen LogP) is 6.14. The number of thiophene rings is 1. The molecule has 0 fully saturated rings. The second kappa shape index (κ2) is 6.24. The van der Waals surface area contributed by atoms with Gasteiger partial charge in [0.15, 0.2) is 0 Å². The number of nitrogens with one attached hydrogen (secondary N) is 1. The van der Waals surface area contributed by atoms with Gasteiger partial charge < -0.3 is 9.72 Å². The highest BCUT2D eigenvalue weighted by Gasteiger charge is 2.23. The van der Waals surface area contributed by atoms with Crippen LogP contribution in [0.4, 0.5) is 0 Å². The first kappa shape index (κ1) is 15.9. The van der Waals surface area contributed by atoms with Crippen LogP contribution in [-0.4, -0.2) is 17.6 Å². The summed E-state index contributed by atoms with van der Waals surface area (Å²) in [7, 11) is 0.